The molecule has 2 rings (SSSR count). The summed E-state index contributed by atoms with van der Waals surface area (Å²) in [5.41, 5.74) is 1.75. The third-order valence-corrected chi connectivity index (χ3v) is 2.54. The minimum Gasteiger partial charge on any atom is -0.478 e. The predicted octanol–water partition coefficient (Wildman–Crippen LogP) is 3.19. The largest absolute Gasteiger partial charge is 0.478 e. The van der Waals surface area contributed by atoms with E-state index in [0.717, 1.165) is 11.3 Å². The van der Waals surface area contributed by atoms with Gasteiger partial charge in [0.05, 0.1) is 5.69 Å². The van der Waals surface area contributed by atoms with Crippen LogP contribution in [-0.4, -0.2) is 16.1 Å². The van der Waals surface area contributed by atoms with E-state index in [2.05, 4.69) is 4.98 Å². The van der Waals surface area contributed by atoms with Crippen LogP contribution < -0.4 is 4.74 Å². The molecule has 0 radical (unpaired) electrons. The quantitative estimate of drug-likeness (QED) is 0.899. The molecule has 0 atom stereocenters. The van der Waals surface area contributed by atoms with Crippen LogP contribution >= 0.6 is 0 Å². The molecule has 0 spiro atoms. The highest BCUT2D eigenvalue weighted by Crippen LogP contribution is 2.27. The van der Waals surface area contributed by atoms with Crippen molar-refractivity contribution in [2.75, 3.05) is 0 Å². The molecule has 0 unspecified atom stereocenters. The first-order chi connectivity index (χ1) is 8.58. The highest BCUT2D eigenvalue weighted by Gasteiger charge is 2.13. The lowest BCUT2D eigenvalue weighted by molar-refractivity contribution is 0.0694. The van der Waals surface area contributed by atoms with Crippen LogP contribution in [0.25, 0.3) is 0 Å². The van der Waals surface area contributed by atoms with Crippen LogP contribution in [0.1, 0.15) is 21.6 Å². The molecule has 92 valence electrons. The molecular weight excluding hydrogens is 230 g/mol. The number of hydrogen-bond acceptors (Lipinski definition) is 3. The van der Waals surface area contributed by atoms with Crippen LogP contribution in [0.15, 0.2) is 36.5 Å². The molecule has 1 N–H and O–H groups in total. The molecule has 1 heterocycles. The maximum atomic E-state index is 11.2. The number of rotatable bonds is 3. The van der Waals surface area contributed by atoms with E-state index in [4.69, 9.17) is 9.84 Å². The molecule has 0 aliphatic rings. The van der Waals surface area contributed by atoms with E-state index in [0.29, 0.717) is 11.5 Å². The SMILES string of the molecule is Cc1ccc(Oc2cccnc2C)c(C(=O)O)c1. The molecule has 0 aliphatic carbocycles. The number of ether oxygens (including phenoxy) is 1. The fourth-order valence-corrected chi connectivity index (χ4v) is 1.60. The number of nitrogens with zero attached hydrogens (tertiary/aromatic N) is 1. The summed E-state index contributed by atoms with van der Waals surface area (Å²) < 4.78 is 5.61. The van der Waals surface area contributed by atoms with Gasteiger partial charge in [-0.2, -0.15) is 0 Å². The number of carbonyl (C=O) groups is 1. The standard InChI is InChI=1S/C14H13NO3/c1-9-5-6-13(11(8-9)14(16)17)18-12-4-3-7-15-10(12)2/h3-8H,1-2H3,(H,16,17). The molecule has 0 bridgehead atoms. The highest BCUT2D eigenvalue weighted by atomic mass is 16.5. The Morgan fingerprint density at radius 2 is 2.00 bits per heavy atom. The van der Waals surface area contributed by atoms with Crippen molar-refractivity contribution < 1.29 is 14.6 Å². The molecule has 18 heavy (non-hydrogen) atoms. The van der Waals surface area contributed by atoms with Crippen LogP contribution in [0, 0.1) is 13.8 Å². The maximum Gasteiger partial charge on any atom is 0.339 e. The minimum atomic E-state index is -1.00. The summed E-state index contributed by atoms with van der Waals surface area (Å²) in [5.74, 6) is -0.122. The van der Waals surface area contributed by atoms with E-state index in [-0.39, 0.29) is 5.56 Å². The van der Waals surface area contributed by atoms with Gasteiger partial charge in [0.15, 0.2) is 0 Å². The second kappa shape index (κ2) is 4.87. The topological polar surface area (TPSA) is 59.4 Å². The smallest absolute Gasteiger partial charge is 0.339 e. The van der Waals surface area contributed by atoms with E-state index >= 15 is 0 Å². The van der Waals surface area contributed by atoms with Gasteiger partial charge >= 0.3 is 5.97 Å². The zero-order valence-electron chi connectivity index (χ0n) is 10.2. The fraction of sp³-hybridized carbons (Fsp3) is 0.143. The average Bonchev–Trinajstić information content (AvgIpc) is 2.34. The monoisotopic (exact) mass is 243 g/mol. The summed E-state index contributed by atoms with van der Waals surface area (Å²) in [6, 6.07) is 8.56. The second-order valence-corrected chi connectivity index (χ2v) is 3.99. The third-order valence-electron chi connectivity index (χ3n) is 2.54. The molecular formula is C14H13NO3. The van der Waals surface area contributed by atoms with Gasteiger partial charge in [-0.1, -0.05) is 11.6 Å². The average molecular weight is 243 g/mol. The zero-order chi connectivity index (χ0) is 13.1. The lowest BCUT2D eigenvalue weighted by Gasteiger charge is -2.10. The number of aromatic carboxylic acids is 1. The van der Waals surface area contributed by atoms with E-state index in [1.165, 1.54) is 0 Å². The van der Waals surface area contributed by atoms with Crippen molar-refractivity contribution in [3.05, 3.63) is 53.3 Å². The van der Waals surface area contributed by atoms with E-state index in [9.17, 15) is 4.79 Å². The zero-order valence-corrected chi connectivity index (χ0v) is 10.2. The lowest BCUT2D eigenvalue weighted by atomic mass is 10.1. The van der Waals surface area contributed by atoms with Crippen molar-refractivity contribution in [2.45, 2.75) is 13.8 Å². The van der Waals surface area contributed by atoms with Crippen LogP contribution in [0.3, 0.4) is 0 Å². The van der Waals surface area contributed by atoms with Crippen molar-refractivity contribution in [3.63, 3.8) is 0 Å². The number of benzene rings is 1. The van der Waals surface area contributed by atoms with Gasteiger partial charge in [0.25, 0.3) is 0 Å². The number of carboxylic acid groups (broad SMARTS) is 1. The van der Waals surface area contributed by atoms with Gasteiger partial charge < -0.3 is 9.84 Å². The second-order valence-electron chi connectivity index (χ2n) is 3.99. The molecule has 0 saturated heterocycles. The van der Waals surface area contributed by atoms with Crippen LogP contribution in [0.2, 0.25) is 0 Å². The van der Waals surface area contributed by atoms with Gasteiger partial charge in [-0.3, -0.25) is 4.98 Å². The van der Waals surface area contributed by atoms with Crippen LogP contribution in [0.5, 0.6) is 11.5 Å². The van der Waals surface area contributed by atoms with Gasteiger partial charge in [0.1, 0.15) is 17.1 Å². The summed E-state index contributed by atoms with van der Waals surface area (Å²) in [6.07, 6.45) is 1.66. The van der Waals surface area contributed by atoms with E-state index in [1.807, 2.05) is 19.9 Å². The number of aryl methyl sites for hydroxylation is 2. The lowest BCUT2D eigenvalue weighted by Crippen LogP contribution is -2.01. The Balaban J connectivity index is 2.41. The highest BCUT2D eigenvalue weighted by molar-refractivity contribution is 5.91. The summed E-state index contributed by atoms with van der Waals surface area (Å²) in [7, 11) is 0. The summed E-state index contributed by atoms with van der Waals surface area (Å²) >= 11 is 0. The number of hydrogen-bond donors (Lipinski definition) is 1. The molecule has 0 saturated carbocycles. The molecule has 4 heteroatoms. The predicted molar refractivity (Wildman–Crippen MR) is 67.2 cm³/mol. The Morgan fingerprint density at radius 3 is 2.67 bits per heavy atom. The minimum absolute atomic E-state index is 0.151. The molecule has 4 nitrogen and oxygen atoms in total. The molecule has 0 fully saturated rings. The van der Waals surface area contributed by atoms with Gasteiger partial charge in [-0.15, -0.1) is 0 Å². The van der Waals surface area contributed by atoms with Gasteiger partial charge in [-0.05, 0) is 38.1 Å². The maximum absolute atomic E-state index is 11.2. The van der Waals surface area contributed by atoms with Gasteiger partial charge in [0.2, 0.25) is 0 Å². The van der Waals surface area contributed by atoms with Crippen molar-refractivity contribution in [2.24, 2.45) is 0 Å². The molecule has 0 amide bonds. The summed E-state index contributed by atoms with van der Waals surface area (Å²) in [5, 5.41) is 9.14. The van der Waals surface area contributed by atoms with E-state index < -0.39 is 5.97 Å². The summed E-state index contributed by atoms with van der Waals surface area (Å²) in [4.78, 5) is 15.2. The summed E-state index contributed by atoms with van der Waals surface area (Å²) in [6.45, 7) is 3.65. The van der Waals surface area contributed by atoms with Gasteiger partial charge in [0, 0.05) is 6.20 Å². The third kappa shape index (κ3) is 2.48. The van der Waals surface area contributed by atoms with Crippen LogP contribution in [0.4, 0.5) is 0 Å². The van der Waals surface area contributed by atoms with Crippen molar-refractivity contribution >= 4 is 5.97 Å². The van der Waals surface area contributed by atoms with Crippen molar-refractivity contribution in [1.82, 2.24) is 4.98 Å². The van der Waals surface area contributed by atoms with E-state index in [1.54, 1.807) is 30.5 Å². The fourth-order valence-electron chi connectivity index (χ4n) is 1.60. The first kappa shape index (κ1) is 12.1. The molecule has 2 aromatic rings. The van der Waals surface area contributed by atoms with Crippen LogP contribution in [-0.2, 0) is 0 Å². The van der Waals surface area contributed by atoms with Crippen molar-refractivity contribution in [3.8, 4) is 11.5 Å². The van der Waals surface area contributed by atoms with Crippen molar-refractivity contribution in [1.29, 1.82) is 0 Å². The number of aromatic nitrogens is 1. The molecule has 1 aromatic carbocycles. The first-order valence-electron chi connectivity index (χ1n) is 5.51. The normalized spacial score (nSPS) is 10.1. The number of carboxylic acids is 1. The Bertz CT molecular complexity index is 593. The molecule has 1 aromatic heterocycles. The first-order valence-corrected chi connectivity index (χ1v) is 5.51. The molecule has 0 aliphatic heterocycles. The Hall–Kier alpha value is -2.36. The Kier molecular flexibility index (Phi) is 3.28. The Labute approximate surface area is 105 Å². The van der Waals surface area contributed by atoms with Gasteiger partial charge in [-0.25, -0.2) is 4.79 Å². The Morgan fingerprint density at radius 1 is 1.22 bits per heavy atom. The number of pyridine rings is 1.